The Kier molecular flexibility index (Phi) is 5.88. The molecule has 1 rings (SSSR count). The van der Waals surface area contributed by atoms with Crippen LogP contribution in [0, 0.1) is 5.92 Å². The molecule has 0 saturated carbocycles. The first-order chi connectivity index (χ1) is 7.65. The van der Waals surface area contributed by atoms with Crippen LogP contribution in [0.4, 0.5) is 0 Å². The van der Waals surface area contributed by atoms with Crippen LogP contribution in [0.15, 0.2) is 30.3 Å². The maximum absolute atomic E-state index is 9.32. The van der Waals surface area contributed by atoms with Gasteiger partial charge in [0.05, 0.1) is 6.61 Å². The van der Waals surface area contributed by atoms with Gasteiger partial charge >= 0.3 is 0 Å². The quantitative estimate of drug-likeness (QED) is 0.800. The Morgan fingerprint density at radius 2 is 1.88 bits per heavy atom. The number of rotatable bonds is 6. The highest BCUT2D eigenvalue weighted by Crippen LogP contribution is 2.22. The Hall–Kier alpha value is -0.510. The highest BCUT2D eigenvalue weighted by atomic mass is 32.2. The maximum Gasteiger partial charge on any atom is 0.0565 e. The van der Waals surface area contributed by atoms with Crippen LogP contribution in [-0.2, 0) is 5.75 Å². The second-order valence-electron chi connectivity index (χ2n) is 4.34. The zero-order chi connectivity index (χ0) is 12.0. The first-order valence-electron chi connectivity index (χ1n) is 5.67. The average Bonchev–Trinajstić information content (AvgIpc) is 2.30. The van der Waals surface area contributed by atoms with Crippen LogP contribution in [0.25, 0.3) is 0 Å². The first kappa shape index (κ1) is 13.6. The topological polar surface area (TPSA) is 46.2 Å². The molecule has 0 radical (unpaired) electrons. The number of aliphatic hydroxyl groups is 1. The molecule has 1 aromatic rings. The zero-order valence-corrected chi connectivity index (χ0v) is 10.8. The van der Waals surface area contributed by atoms with Crippen molar-refractivity contribution in [1.29, 1.82) is 0 Å². The van der Waals surface area contributed by atoms with Crippen LogP contribution in [0.3, 0.4) is 0 Å². The number of hydrogen-bond acceptors (Lipinski definition) is 3. The third-order valence-electron chi connectivity index (χ3n) is 2.69. The van der Waals surface area contributed by atoms with Gasteiger partial charge in [-0.2, -0.15) is 0 Å². The number of aliphatic hydroxyl groups excluding tert-OH is 1. The summed E-state index contributed by atoms with van der Waals surface area (Å²) in [6.45, 7) is 4.34. The van der Waals surface area contributed by atoms with Crippen molar-refractivity contribution in [1.82, 2.24) is 0 Å². The third kappa shape index (κ3) is 4.16. The van der Waals surface area contributed by atoms with Gasteiger partial charge in [-0.1, -0.05) is 44.2 Å². The van der Waals surface area contributed by atoms with E-state index in [1.54, 1.807) is 11.8 Å². The number of thioether (sulfide) groups is 1. The van der Waals surface area contributed by atoms with E-state index >= 15 is 0 Å². The maximum atomic E-state index is 9.32. The van der Waals surface area contributed by atoms with E-state index in [0.717, 1.165) is 5.75 Å². The van der Waals surface area contributed by atoms with Crippen molar-refractivity contribution in [2.75, 3.05) is 6.61 Å². The number of benzene rings is 1. The molecule has 0 aliphatic carbocycles. The van der Waals surface area contributed by atoms with E-state index < -0.39 is 0 Å². The highest BCUT2D eigenvalue weighted by Gasteiger charge is 2.20. The van der Waals surface area contributed by atoms with Gasteiger partial charge in [0.15, 0.2) is 0 Å². The molecule has 0 aliphatic rings. The van der Waals surface area contributed by atoms with E-state index in [0.29, 0.717) is 5.92 Å². The molecule has 0 amide bonds. The normalized spacial score (nSPS) is 15.1. The molecule has 90 valence electrons. The summed E-state index contributed by atoms with van der Waals surface area (Å²) in [5.74, 6) is 1.31. The van der Waals surface area contributed by atoms with Crippen LogP contribution in [0.5, 0.6) is 0 Å². The summed E-state index contributed by atoms with van der Waals surface area (Å²) in [7, 11) is 0. The zero-order valence-electron chi connectivity index (χ0n) is 9.97. The summed E-state index contributed by atoms with van der Waals surface area (Å²) in [5, 5.41) is 9.45. The van der Waals surface area contributed by atoms with Gasteiger partial charge in [0, 0.05) is 17.0 Å². The van der Waals surface area contributed by atoms with Crippen LogP contribution in [-0.4, -0.2) is 23.0 Å². The SMILES string of the molecule is CC(C)C(N)C(CO)SCc1ccccc1. The lowest BCUT2D eigenvalue weighted by molar-refractivity contribution is 0.269. The molecule has 16 heavy (non-hydrogen) atoms. The van der Waals surface area contributed by atoms with Crippen molar-refractivity contribution in [3.63, 3.8) is 0 Å². The molecule has 2 nitrogen and oxygen atoms in total. The van der Waals surface area contributed by atoms with Gasteiger partial charge in [-0.15, -0.1) is 11.8 Å². The molecule has 0 fully saturated rings. The predicted octanol–water partition coefficient (Wildman–Crippen LogP) is 2.26. The second kappa shape index (κ2) is 6.94. The minimum Gasteiger partial charge on any atom is -0.395 e. The molecule has 2 atom stereocenters. The molecule has 1 aromatic carbocycles. The minimum atomic E-state index is 0.0544. The van der Waals surface area contributed by atoms with Crippen LogP contribution < -0.4 is 5.73 Å². The van der Waals surface area contributed by atoms with E-state index in [1.165, 1.54) is 5.56 Å². The van der Waals surface area contributed by atoms with Gasteiger partial charge in [0.1, 0.15) is 0 Å². The standard InChI is InChI=1S/C13H21NOS/c1-10(2)13(14)12(8-15)16-9-11-6-4-3-5-7-11/h3-7,10,12-13,15H,8-9,14H2,1-2H3. The molecule has 3 heteroatoms. The summed E-state index contributed by atoms with van der Waals surface area (Å²) >= 11 is 1.74. The van der Waals surface area contributed by atoms with E-state index in [-0.39, 0.29) is 17.9 Å². The molecule has 0 heterocycles. The molecule has 3 N–H and O–H groups in total. The number of hydrogen-bond donors (Lipinski definition) is 2. The Labute approximate surface area is 102 Å². The van der Waals surface area contributed by atoms with Crippen molar-refractivity contribution >= 4 is 11.8 Å². The fraction of sp³-hybridized carbons (Fsp3) is 0.538. The van der Waals surface area contributed by atoms with Crippen molar-refractivity contribution in [3.8, 4) is 0 Å². The lowest BCUT2D eigenvalue weighted by Gasteiger charge is -2.24. The van der Waals surface area contributed by atoms with Crippen molar-refractivity contribution in [2.24, 2.45) is 11.7 Å². The summed E-state index contributed by atoms with van der Waals surface area (Å²) in [4.78, 5) is 0. The van der Waals surface area contributed by atoms with Crippen LogP contribution >= 0.6 is 11.8 Å². The number of nitrogens with two attached hydrogens (primary N) is 1. The monoisotopic (exact) mass is 239 g/mol. The van der Waals surface area contributed by atoms with Crippen LogP contribution in [0.2, 0.25) is 0 Å². The van der Waals surface area contributed by atoms with E-state index in [2.05, 4.69) is 26.0 Å². The second-order valence-corrected chi connectivity index (χ2v) is 5.57. The molecular formula is C13H21NOS. The Balaban J connectivity index is 2.46. The molecule has 0 saturated heterocycles. The molecule has 0 aliphatic heterocycles. The van der Waals surface area contributed by atoms with Crippen LogP contribution in [0.1, 0.15) is 19.4 Å². The Morgan fingerprint density at radius 3 is 2.38 bits per heavy atom. The van der Waals surface area contributed by atoms with Crippen molar-refractivity contribution in [2.45, 2.75) is 30.9 Å². The van der Waals surface area contributed by atoms with Gasteiger partial charge in [0.2, 0.25) is 0 Å². The van der Waals surface area contributed by atoms with Gasteiger partial charge in [-0.3, -0.25) is 0 Å². The fourth-order valence-corrected chi connectivity index (χ4v) is 2.73. The predicted molar refractivity (Wildman–Crippen MR) is 71.4 cm³/mol. The van der Waals surface area contributed by atoms with Crippen molar-refractivity contribution in [3.05, 3.63) is 35.9 Å². The molecule has 2 unspecified atom stereocenters. The van der Waals surface area contributed by atoms with E-state index in [9.17, 15) is 5.11 Å². The van der Waals surface area contributed by atoms with Gasteiger partial charge in [-0.05, 0) is 11.5 Å². The molecule has 0 spiro atoms. The van der Waals surface area contributed by atoms with Gasteiger partial charge < -0.3 is 10.8 Å². The van der Waals surface area contributed by atoms with Crippen molar-refractivity contribution < 1.29 is 5.11 Å². The smallest absolute Gasteiger partial charge is 0.0565 e. The fourth-order valence-electron chi connectivity index (χ4n) is 1.49. The average molecular weight is 239 g/mol. The summed E-state index contributed by atoms with van der Waals surface area (Å²) in [6.07, 6.45) is 0. The highest BCUT2D eigenvalue weighted by molar-refractivity contribution is 7.99. The minimum absolute atomic E-state index is 0.0544. The molecular weight excluding hydrogens is 218 g/mol. The molecule has 0 bridgehead atoms. The Morgan fingerprint density at radius 1 is 1.25 bits per heavy atom. The van der Waals surface area contributed by atoms with Gasteiger partial charge in [-0.25, -0.2) is 0 Å². The summed E-state index contributed by atoms with van der Waals surface area (Å²) in [6, 6.07) is 10.3. The van der Waals surface area contributed by atoms with E-state index in [1.807, 2.05) is 18.2 Å². The first-order valence-corrected chi connectivity index (χ1v) is 6.72. The van der Waals surface area contributed by atoms with E-state index in [4.69, 9.17) is 5.73 Å². The molecule has 0 aromatic heterocycles. The lowest BCUT2D eigenvalue weighted by atomic mass is 10.0. The summed E-state index contributed by atoms with van der Waals surface area (Å²) < 4.78 is 0. The lowest BCUT2D eigenvalue weighted by Crippen LogP contribution is -2.39. The Bertz CT molecular complexity index is 289. The summed E-state index contributed by atoms with van der Waals surface area (Å²) in [5.41, 5.74) is 7.33. The largest absolute Gasteiger partial charge is 0.395 e. The third-order valence-corrected chi connectivity index (χ3v) is 4.08. The van der Waals surface area contributed by atoms with Gasteiger partial charge in [0.25, 0.3) is 0 Å².